The molecule has 2 rings (SSSR count). The minimum atomic E-state index is 0.193. The summed E-state index contributed by atoms with van der Waals surface area (Å²) in [5.74, 6) is 0.674. The maximum Gasteiger partial charge on any atom is 0.147 e. The monoisotopic (exact) mass is 290 g/mol. The molecule has 0 aliphatic heterocycles. The van der Waals surface area contributed by atoms with E-state index >= 15 is 0 Å². The molecule has 1 nitrogen and oxygen atoms in total. The quantitative estimate of drug-likeness (QED) is 0.751. The van der Waals surface area contributed by atoms with Crippen molar-refractivity contribution in [2.24, 2.45) is 0 Å². The summed E-state index contributed by atoms with van der Waals surface area (Å²) in [6, 6.07) is 15.7. The highest BCUT2D eigenvalue weighted by atomic mass is 35.5. The molecule has 0 saturated heterocycles. The summed E-state index contributed by atoms with van der Waals surface area (Å²) in [4.78, 5) is 13.0. The number of thioether (sulfide) groups is 1. The van der Waals surface area contributed by atoms with E-state index in [1.54, 1.807) is 11.8 Å². The number of rotatable bonds is 5. The Labute approximate surface area is 123 Å². The fourth-order valence-corrected chi connectivity index (χ4v) is 2.66. The maximum absolute atomic E-state index is 11.9. The molecule has 0 radical (unpaired) electrons. The van der Waals surface area contributed by atoms with Gasteiger partial charge < -0.3 is 0 Å². The van der Waals surface area contributed by atoms with Crippen molar-refractivity contribution in [1.82, 2.24) is 0 Å². The van der Waals surface area contributed by atoms with Crippen molar-refractivity contribution in [1.29, 1.82) is 0 Å². The van der Waals surface area contributed by atoms with Crippen LogP contribution < -0.4 is 0 Å². The number of benzene rings is 2. The molecule has 0 amide bonds. The Balaban J connectivity index is 1.88. The molecule has 0 N–H and O–H groups in total. The average Bonchev–Trinajstić information content (AvgIpc) is 2.41. The third kappa shape index (κ3) is 4.41. The standard InChI is InChI=1S/C16H15ClOS/c1-12-6-8-15(9-7-12)19-11-14(18)10-13-4-2-3-5-16(13)17/h2-9H,10-11H2,1H3. The first-order valence-electron chi connectivity index (χ1n) is 6.10. The molecule has 0 saturated carbocycles. The zero-order valence-corrected chi connectivity index (χ0v) is 12.3. The fraction of sp³-hybridized carbons (Fsp3) is 0.188. The molecule has 0 unspecified atom stereocenters. The van der Waals surface area contributed by atoms with E-state index in [0.717, 1.165) is 10.5 Å². The highest BCUT2D eigenvalue weighted by Crippen LogP contribution is 2.20. The maximum atomic E-state index is 11.9. The highest BCUT2D eigenvalue weighted by molar-refractivity contribution is 8.00. The molecule has 0 aromatic heterocycles. The summed E-state index contributed by atoms with van der Waals surface area (Å²) in [5.41, 5.74) is 2.13. The Morgan fingerprint density at radius 3 is 2.47 bits per heavy atom. The number of carbonyl (C=O) groups is 1. The van der Waals surface area contributed by atoms with Crippen molar-refractivity contribution in [3.63, 3.8) is 0 Å². The first kappa shape index (κ1) is 14.2. The molecule has 0 bridgehead atoms. The van der Waals surface area contributed by atoms with Crippen LogP contribution in [-0.2, 0) is 11.2 Å². The Kier molecular flexibility index (Phi) is 5.06. The molecular weight excluding hydrogens is 276 g/mol. The summed E-state index contributed by atoms with van der Waals surface area (Å²) in [5, 5.41) is 0.663. The van der Waals surface area contributed by atoms with Gasteiger partial charge in [0.2, 0.25) is 0 Å². The van der Waals surface area contributed by atoms with Crippen LogP contribution >= 0.6 is 23.4 Å². The van der Waals surface area contributed by atoms with Crippen LogP contribution in [0, 0.1) is 6.92 Å². The molecule has 2 aromatic carbocycles. The van der Waals surface area contributed by atoms with Gasteiger partial charge in [0.1, 0.15) is 5.78 Å². The first-order valence-corrected chi connectivity index (χ1v) is 7.46. The number of aryl methyl sites for hydroxylation is 1. The van der Waals surface area contributed by atoms with Crippen molar-refractivity contribution in [2.75, 3.05) is 5.75 Å². The van der Waals surface area contributed by atoms with Crippen LogP contribution in [0.25, 0.3) is 0 Å². The van der Waals surface area contributed by atoms with Crippen LogP contribution in [0.5, 0.6) is 0 Å². The fourth-order valence-electron chi connectivity index (χ4n) is 1.70. The number of Topliss-reactive ketones (excluding diaryl/α,β-unsaturated/α-hetero) is 1. The van der Waals surface area contributed by atoms with Crippen molar-refractivity contribution >= 4 is 29.1 Å². The predicted molar refractivity (Wildman–Crippen MR) is 82.1 cm³/mol. The summed E-state index contributed by atoms with van der Waals surface area (Å²) in [6.07, 6.45) is 0.401. The number of ketones is 1. The lowest BCUT2D eigenvalue weighted by Gasteiger charge is -2.04. The predicted octanol–water partition coefficient (Wildman–Crippen LogP) is 4.55. The second kappa shape index (κ2) is 6.78. The van der Waals surface area contributed by atoms with Crippen LogP contribution in [0.15, 0.2) is 53.4 Å². The Bertz CT molecular complexity index is 563. The third-order valence-corrected chi connectivity index (χ3v) is 4.21. The van der Waals surface area contributed by atoms with Gasteiger partial charge in [0.05, 0.1) is 5.75 Å². The number of halogens is 1. The van der Waals surface area contributed by atoms with Gasteiger partial charge in [-0.2, -0.15) is 0 Å². The van der Waals surface area contributed by atoms with Gasteiger partial charge in [-0.1, -0.05) is 47.5 Å². The Morgan fingerprint density at radius 1 is 1.11 bits per heavy atom. The van der Waals surface area contributed by atoms with Crippen LogP contribution in [0.1, 0.15) is 11.1 Å². The highest BCUT2D eigenvalue weighted by Gasteiger charge is 2.07. The van der Waals surface area contributed by atoms with E-state index in [1.807, 2.05) is 36.4 Å². The Morgan fingerprint density at radius 2 is 1.79 bits per heavy atom. The second-order valence-electron chi connectivity index (χ2n) is 4.41. The molecule has 0 spiro atoms. The normalized spacial score (nSPS) is 10.4. The topological polar surface area (TPSA) is 17.1 Å². The van der Waals surface area contributed by atoms with E-state index in [-0.39, 0.29) is 5.78 Å². The van der Waals surface area contributed by atoms with Crippen LogP contribution in [0.4, 0.5) is 0 Å². The second-order valence-corrected chi connectivity index (χ2v) is 5.86. The minimum Gasteiger partial charge on any atom is -0.298 e. The average molecular weight is 291 g/mol. The SMILES string of the molecule is Cc1ccc(SCC(=O)Cc2ccccc2Cl)cc1. The molecule has 0 aliphatic carbocycles. The van der Waals surface area contributed by atoms with Gasteiger partial charge in [-0.3, -0.25) is 4.79 Å². The van der Waals surface area contributed by atoms with Gasteiger partial charge in [0.25, 0.3) is 0 Å². The van der Waals surface area contributed by atoms with E-state index in [1.165, 1.54) is 5.56 Å². The molecule has 2 aromatic rings. The lowest BCUT2D eigenvalue weighted by molar-refractivity contribution is -0.116. The van der Waals surface area contributed by atoms with E-state index in [4.69, 9.17) is 11.6 Å². The van der Waals surface area contributed by atoms with Gasteiger partial charge >= 0.3 is 0 Å². The molecular formula is C16H15ClOS. The number of hydrogen-bond donors (Lipinski definition) is 0. The van der Waals surface area contributed by atoms with Crippen LogP contribution in [0.3, 0.4) is 0 Å². The molecule has 0 aliphatic rings. The summed E-state index contributed by atoms with van der Waals surface area (Å²) >= 11 is 7.61. The van der Waals surface area contributed by atoms with Gasteiger partial charge in [-0.15, -0.1) is 11.8 Å². The van der Waals surface area contributed by atoms with E-state index in [0.29, 0.717) is 17.2 Å². The molecule has 0 atom stereocenters. The number of carbonyl (C=O) groups excluding carboxylic acids is 1. The number of hydrogen-bond acceptors (Lipinski definition) is 2. The lowest BCUT2D eigenvalue weighted by Crippen LogP contribution is -2.05. The molecule has 19 heavy (non-hydrogen) atoms. The van der Waals surface area contributed by atoms with Gasteiger partial charge in [-0.25, -0.2) is 0 Å². The van der Waals surface area contributed by atoms with Crippen molar-refractivity contribution in [3.05, 3.63) is 64.7 Å². The molecule has 98 valence electrons. The Hall–Kier alpha value is -1.25. The van der Waals surface area contributed by atoms with Crippen molar-refractivity contribution in [2.45, 2.75) is 18.2 Å². The largest absolute Gasteiger partial charge is 0.298 e. The first-order chi connectivity index (χ1) is 9.15. The minimum absolute atomic E-state index is 0.193. The smallest absolute Gasteiger partial charge is 0.147 e. The summed E-state index contributed by atoms with van der Waals surface area (Å²) in [7, 11) is 0. The molecule has 0 fully saturated rings. The van der Waals surface area contributed by atoms with Crippen LogP contribution in [-0.4, -0.2) is 11.5 Å². The third-order valence-electron chi connectivity index (χ3n) is 2.77. The van der Waals surface area contributed by atoms with Crippen molar-refractivity contribution in [3.8, 4) is 0 Å². The van der Waals surface area contributed by atoms with Gasteiger partial charge in [0, 0.05) is 16.3 Å². The van der Waals surface area contributed by atoms with E-state index < -0.39 is 0 Å². The molecule has 3 heteroatoms. The van der Waals surface area contributed by atoms with E-state index in [9.17, 15) is 4.79 Å². The van der Waals surface area contributed by atoms with E-state index in [2.05, 4.69) is 19.1 Å². The van der Waals surface area contributed by atoms with Crippen LogP contribution in [0.2, 0.25) is 5.02 Å². The zero-order chi connectivity index (χ0) is 13.7. The van der Waals surface area contributed by atoms with Gasteiger partial charge in [-0.05, 0) is 30.7 Å². The summed E-state index contributed by atoms with van der Waals surface area (Å²) < 4.78 is 0. The lowest BCUT2D eigenvalue weighted by atomic mass is 10.1. The van der Waals surface area contributed by atoms with Crippen molar-refractivity contribution < 1.29 is 4.79 Å². The molecule has 0 heterocycles. The zero-order valence-electron chi connectivity index (χ0n) is 10.7. The van der Waals surface area contributed by atoms with Gasteiger partial charge in [0.15, 0.2) is 0 Å². The summed E-state index contributed by atoms with van der Waals surface area (Å²) in [6.45, 7) is 2.05.